The number of nitrogens with zero attached hydrogens (tertiary/aromatic N) is 2. The van der Waals surface area contributed by atoms with Gasteiger partial charge in [0.25, 0.3) is 5.91 Å². The molecule has 2 aromatic rings. The van der Waals surface area contributed by atoms with Gasteiger partial charge in [0.05, 0.1) is 6.54 Å². The van der Waals surface area contributed by atoms with Crippen molar-refractivity contribution in [3.63, 3.8) is 0 Å². The zero-order chi connectivity index (χ0) is 13.0. The molecule has 0 fully saturated rings. The lowest BCUT2D eigenvalue weighted by atomic mass is 10.2. The lowest BCUT2D eigenvalue weighted by Crippen LogP contribution is -2.27. The zero-order valence-electron chi connectivity index (χ0n) is 10.3. The molecule has 2 heterocycles. The summed E-state index contributed by atoms with van der Waals surface area (Å²) in [4.78, 5) is 20.9. The number of nitrogens with one attached hydrogen (secondary N) is 1. The highest BCUT2D eigenvalue weighted by molar-refractivity contribution is 5.92. The first-order valence-electron chi connectivity index (χ1n) is 5.73. The van der Waals surface area contributed by atoms with Gasteiger partial charge in [-0.1, -0.05) is 6.07 Å². The van der Waals surface area contributed by atoms with Gasteiger partial charge in [-0.3, -0.25) is 9.78 Å². The van der Waals surface area contributed by atoms with Gasteiger partial charge < -0.3 is 15.6 Å². The van der Waals surface area contributed by atoms with Crippen LogP contribution in [0.5, 0.6) is 0 Å². The molecule has 0 aliphatic rings. The predicted molar refractivity (Wildman–Crippen MR) is 68.7 cm³/mol. The second kappa shape index (κ2) is 5.46. The molecule has 0 aromatic carbocycles. The standard InChI is InChI=1S/C13H16N4O/c1-17(9-11-3-2-6-15-11)13(18)12-5-4-10(7-14)8-16-12/h2-6,8,15H,7,9,14H2,1H3. The number of rotatable bonds is 4. The molecule has 2 rings (SSSR count). The summed E-state index contributed by atoms with van der Waals surface area (Å²) in [6.07, 6.45) is 3.47. The summed E-state index contributed by atoms with van der Waals surface area (Å²) in [6, 6.07) is 7.37. The molecule has 5 heteroatoms. The number of aromatic nitrogens is 2. The van der Waals surface area contributed by atoms with E-state index in [1.54, 1.807) is 24.2 Å². The Bertz CT molecular complexity index is 504. The molecule has 3 N–H and O–H groups in total. The predicted octanol–water partition coefficient (Wildman–Crippen LogP) is 1.14. The van der Waals surface area contributed by atoms with Crippen molar-refractivity contribution in [3.05, 3.63) is 53.6 Å². The molecule has 1 amide bonds. The minimum absolute atomic E-state index is 0.104. The Hall–Kier alpha value is -2.14. The van der Waals surface area contributed by atoms with E-state index < -0.39 is 0 Å². The van der Waals surface area contributed by atoms with E-state index >= 15 is 0 Å². The Morgan fingerprint density at radius 2 is 2.28 bits per heavy atom. The molecule has 0 saturated heterocycles. The Morgan fingerprint density at radius 3 is 2.83 bits per heavy atom. The van der Waals surface area contributed by atoms with Crippen LogP contribution in [0.25, 0.3) is 0 Å². The fraction of sp³-hybridized carbons (Fsp3) is 0.231. The van der Waals surface area contributed by atoms with Crippen molar-refractivity contribution < 1.29 is 4.79 Å². The molecular weight excluding hydrogens is 228 g/mol. The fourth-order valence-electron chi connectivity index (χ4n) is 1.66. The normalized spacial score (nSPS) is 10.3. The van der Waals surface area contributed by atoms with E-state index in [0.717, 1.165) is 11.3 Å². The van der Waals surface area contributed by atoms with Gasteiger partial charge in [0.2, 0.25) is 0 Å². The van der Waals surface area contributed by atoms with Crippen LogP contribution >= 0.6 is 0 Å². The number of carbonyl (C=O) groups is 1. The molecule has 0 radical (unpaired) electrons. The third-order valence-electron chi connectivity index (χ3n) is 2.70. The Morgan fingerprint density at radius 1 is 1.44 bits per heavy atom. The van der Waals surface area contributed by atoms with Crippen molar-refractivity contribution in [3.8, 4) is 0 Å². The maximum absolute atomic E-state index is 12.1. The quantitative estimate of drug-likeness (QED) is 0.847. The van der Waals surface area contributed by atoms with Crippen LogP contribution in [0.2, 0.25) is 0 Å². The molecule has 0 unspecified atom stereocenters. The second-order valence-electron chi connectivity index (χ2n) is 4.11. The van der Waals surface area contributed by atoms with Crippen LogP contribution in [0.3, 0.4) is 0 Å². The van der Waals surface area contributed by atoms with Crippen LogP contribution in [0, 0.1) is 0 Å². The SMILES string of the molecule is CN(Cc1ccc[nH]1)C(=O)c1ccc(CN)cn1. The topological polar surface area (TPSA) is 75.0 Å². The van der Waals surface area contributed by atoms with Crippen LogP contribution in [0.1, 0.15) is 21.7 Å². The Labute approximate surface area is 106 Å². The first-order chi connectivity index (χ1) is 8.70. The fourth-order valence-corrected chi connectivity index (χ4v) is 1.66. The largest absolute Gasteiger partial charge is 0.364 e. The molecule has 5 nitrogen and oxygen atoms in total. The molecule has 2 aromatic heterocycles. The van der Waals surface area contributed by atoms with Crippen molar-refractivity contribution in [2.24, 2.45) is 5.73 Å². The number of hydrogen-bond donors (Lipinski definition) is 2. The average Bonchev–Trinajstić information content (AvgIpc) is 2.91. The Kier molecular flexibility index (Phi) is 3.74. The highest BCUT2D eigenvalue weighted by Gasteiger charge is 2.13. The van der Waals surface area contributed by atoms with Gasteiger partial charge >= 0.3 is 0 Å². The highest BCUT2D eigenvalue weighted by atomic mass is 16.2. The monoisotopic (exact) mass is 244 g/mol. The molecule has 0 aliphatic carbocycles. The molecule has 0 saturated carbocycles. The molecule has 0 spiro atoms. The smallest absolute Gasteiger partial charge is 0.272 e. The summed E-state index contributed by atoms with van der Waals surface area (Å²) >= 11 is 0. The van der Waals surface area contributed by atoms with Crippen molar-refractivity contribution in [2.75, 3.05) is 7.05 Å². The number of amides is 1. The van der Waals surface area contributed by atoms with E-state index in [4.69, 9.17) is 5.73 Å². The first kappa shape index (κ1) is 12.3. The summed E-state index contributed by atoms with van der Waals surface area (Å²) < 4.78 is 0. The first-order valence-corrected chi connectivity index (χ1v) is 5.73. The molecule has 18 heavy (non-hydrogen) atoms. The van der Waals surface area contributed by atoms with Crippen LogP contribution in [-0.2, 0) is 13.1 Å². The number of H-pyrrole nitrogens is 1. The molecular formula is C13H16N4O. The van der Waals surface area contributed by atoms with Crippen molar-refractivity contribution in [1.29, 1.82) is 0 Å². The third-order valence-corrected chi connectivity index (χ3v) is 2.70. The minimum atomic E-state index is -0.104. The van der Waals surface area contributed by atoms with Gasteiger partial charge in [0.1, 0.15) is 5.69 Å². The number of hydrogen-bond acceptors (Lipinski definition) is 3. The summed E-state index contributed by atoms with van der Waals surface area (Å²) in [6.45, 7) is 0.964. The van der Waals surface area contributed by atoms with Crippen LogP contribution in [-0.4, -0.2) is 27.8 Å². The van der Waals surface area contributed by atoms with Gasteiger partial charge in [0.15, 0.2) is 0 Å². The van der Waals surface area contributed by atoms with Crippen LogP contribution in [0.4, 0.5) is 0 Å². The van der Waals surface area contributed by atoms with Crippen molar-refractivity contribution >= 4 is 5.91 Å². The highest BCUT2D eigenvalue weighted by Crippen LogP contribution is 2.06. The summed E-state index contributed by atoms with van der Waals surface area (Å²) in [5, 5.41) is 0. The van der Waals surface area contributed by atoms with E-state index in [9.17, 15) is 4.79 Å². The lowest BCUT2D eigenvalue weighted by Gasteiger charge is -2.15. The number of aromatic amines is 1. The maximum Gasteiger partial charge on any atom is 0.272 e. The average molecular weight is 244 g/mol. The van der Waals surface area contributed by atoms with E-state index in [-0.39, 0.29) is 5.91 Å². The van der Waals surface area contributed by atoms with E-state index in [1.165, 1.54) is 0 Å². The van der Waals surface area contributed by atoms with Gasteiger partial charge in [-0.2, -0.15) is 0 Å². The van der Waals surface area contributed by atoms with Crippen LogP contribution < -0.4 is 5.73 Å². The van der Waals surface area contributed by atoms with Gasteiger partial charge in [-0.15, -0.1) is 0 Å². The van der Waals surface area contributed by atoms with Gasteiger partial charge in [-0.25, -0.2) is 0 Å². The van der Waals surface area contributed by atoms with Gasteiger partial charge in [-0.05, 0) is 23.8 Å². The number of pyridine rings is 1. The van der Waals surface area contributed by atoms with Gasteiger partial charge in [0, 0.05) is 31.7 Å². The summed E-state index contributed by atoms with van der Waals surface area (Å²) in [5.74, 6) is -0.104. The maximum atomic E-state index is 12.1. The zero-order valence-corrected chi connectivity index (χ0v) is 10.3. The molecule has 0 atom stereocenters. The number of nitrogens with two attached hydrogens (primary N) is 1. The Balaban J connectivity index is 2.05. The lowest BCUT2D eigenvalue weighted by molar-refractivity contribution is 0.0778. The van der Waals surface area contributed by atoms with Crippen molar-refractivity contribution in [1.82, 2.24) is 14.9 Å². The molecule has 0 bridgehead atoms. The summed E-state index contributed by atoms with van der Waals surface area (Å²) in [5.41, 5.74) is 7.82. The third kappa shape index (κ3) is 2.75. The van der Waals surface area contributed by atoms with E-state index in [0.29, 0.717) is 18.8 Å². The van der Waals surface area contributed by atoms with Crippen molar-refractivity contribution in [2.45, 2.75) is 13.1 Å². The summed E-state index contributed by atoms with van der Waals surface area (Å²) in [7, 11) is 1.75. The van der Waals surface area contributed by atoms with E-state index in [1.807, 2.05) is 24.4 Å². The van der Waals surface area contributed by atoms with E-state index in [2.05, 4.69) is 9.97 Å². The molecule has 0 aliphatic heterocycles. The minimum Gasteiger partial charge on any atom is -0.364 e. The number of carbonyl (C=O) groups excluding carboxylic acids is 1. The second-order valence-corrected chi connectivity index (χ2v) is 4.11. The molecule has 94 valence electrons. The van der Waals surface area contributed by atoms with Crippen LogP contribution in [0.15, 0.2) is 36.7 Å².